The number of hydrogen-bond donors (Lipinski definition) is 1. The number of ketones is 1. The number of carbonyl (C=O) groups excluding carboxylic acids is 3. The molecule has 2 aromatic carbocycles. The van der Waals surface area contributed by atoms with Gasteiger partial charge in [0.05, 0.1) is 23.9 Å². The summed E-state index contributed by atoms with van der Waals surface area (Å²) in [4.78, 5) is 45.5. The predicted octanol–water partition coefficient (Wildman–Crippen LogP) is 5.14. The van der Waals surface area contributed by atoms with Gasteiger partial charge in [-0.2, -0.15) is 0 Å². The minimum atomic E-state index is -1.03. The number of hydrogen-bond acceptors (Lipinski definition) is 9. The number of ether oxygens (including phenoxy) is 3. The maximum Gasteiger partial charge on any atom is 0.350 e. The highest BCUT2D eigenvalue weighted by Crippen LogP contribution is 2.45. The lowest BCUT2D eigenvalue weighted by molar-refractivity contribution is -0.132. The first-order valence-electron chi connectivity index (χ1n) is 12.8. The summed E-state index contributed by atoms with van der Waals surface area (Å²) in [6.07, 6.45) is 2.26. The molecule has 2 aliphatic heterocycles. The van der Waals surface area contributed by atoms with Crippen molar-refractivity contribution in [3.8, 4) is 11.5 Å². The lowest BCUT2D eigenvalue weighted by Crippen LogP contribution is -2.29. The number of rotatable bonds is 8. The van der Waals surface area contributed by atoms with Crippen molar-refractivity contribution in [1.29, 1.82) is 0 Å². The summed E-state index contributed by atoms with van der Waals surface area (Å²) in [6, 6.07) is 11.1. The third kappa shape index (κ3) is 4.86. The molecule has 0 aliphatic carbocycles. The van der Waals surface area contributed by atoms with E-state index in [1.165, 1.54) is 4.90 Å². The monoisotopic (exact) mass is 560 g/mol. The third-order valence-electron chi connectivity index (χ3n) is 6.61. The summed E-state index contributed by atoms with van der Waals surface area (Å²) >= 11 is 0.955. The summed E-state index contributed by atoms with van der Waals surface area (Å²) in [7, 11) is 0. The SMILES string of the molecule is C=CCOc1cccc(C2/C(=C(/O)c3ccc4c(c3)CC(C)O4)C(=O)C(=O)N2c2nc(C)c(C(=O)OCC)s2)c1. The van der Waals surface area contributed by atoms with Crippen molar-refractivity contribution in [2.75, 3.05) is 18.1 Å². The van der Waals surface area contributed by atoms with E-state index in [1.807, 2.05) is 6.92 Å². The summed E-state index contributed by atoms with van der Waals surface area (Å²) < 4.78 is 16.6. The van der Waals surface area contributed by atoms with Gasteiger partial charge in [0.15, 0.2) is 5.13 Å². The molecule has 0 saturated carbocycles. The Morgan fingerprint density at radius 3 is 2.83 bits per heavy atom. The van der Waals surface area contributed by atoms with Gasteiger partial charge in [-0.15, -0.1) is 0 Å². The minimum absolute atomic E-state index is 0.00183. The van der Waals surface area contributed by atoms with Crippen LogP contribution in [0.25, 0.3) is 5.76 Å². The highest BCUT2D eigenvalue weighted by Gasteiger charge is 2.48. The number of aromatic nitrogens is 1. The van der Waals surface area contributed by atoms with E-state index in [0.717, 1.165) is 22.6 Å². The third-order valence-corrected chi connectivity index (χ3v) is 7.74. The van der Waals surface area contributed by atoms with Gasteiger partial charge >= 0.3 is 11.9 Å². The number of benzene rings is 2. The van der Waals surface area contributed by atoms with Crippen LogP contribution in [-0.4, -0.2) is 47.1 Å². The molecule has 2 unspecified atom stereocenters. The van der Waals surface area contributed by atoms with E-state index in [0.29, 0.717) is 29.0 Å². The van der Waals surface area contributed by atoms with Gasteiger partial charge in [-0.1, -0.05) is 36.1 Å². The van der Waals surface area contributed by atoms with Crippen LogP contribution in [0.3, 0.4) is 0 Å². The van der Waals surface area contributed by atoms with Crippen molar-refractivity contribution in [2.45, 2.75) is 39.3 Å². The van der Waals surface area contributed by atoms with Gasteiger partial charge in [0, 0.05) is 12.0 Å². The number of amides is 1. The fourth-order valence-corrected chi connectivity index (χ4v) is 5.86. The fraction of sp³-hybridized carbons (Fsp3) is 0.267. The Balaban J connectivity index is 1.67. The fourth-order valence-electron chi connectivity index (χ4n) is 4.87. The molecule has 0 bridgehead atoms. The Morgan fingerprint density at radius 1 is 1.27 bits per heavy atom. The van der Waals surface area contributed by atoms with Crippen molar-refractivity contribution in [1.82, 2.24) is 4.98 Å². The van der Waals surface area contributed by atoms with E-state index in [2.05, 4.69) is 11.6 Å². The second kappa shape index (κ2) is 11.0. The highest BCUT2D eigenvalue weighted by atomic mass is 32.1. The first-order valence-corrected chi connectivity index (χ1v) is 13.6. The second-order valence-electron chi connectivity index (χ2n) is 9.43. The van der Waals surface area contributed by atoms with Gasteiger partial charge in [-0.25, -0.2) is 9.78 Å². The van der Waals surface area contributed by atoms with Crippen LogP contribution in [0, 0.1) is 6.92 Å². The number of aliphatic hydroxyl groups excluding tert-OH is 1. The molecule has 0 radical (unpaired) electrons. The van der Waals surface area contributed by atoms with Crippen LogP contribution in [0.15, 0.2) is 60.7 Å². The quantitative estimate of drug-likeness (QED) is 0.132. The number of Topliss-reactive ketones (excluding diaryl/α,β-unsaturated/α-hetero) is 1. The predicted molar refractivity (Wildman–Crippen MR) is 150 cm³/mol. The molecule has 40 heavy (non-hydrogen) atoms. The van der Waals surface area contributed by atoms with E-state index in [1.54, 1.807) is 62.4 Å². The van der Waals surface area contributed by atoms with Crippen molar-refractivity contribution in [3.63, 3.8) is 0 Å². The number of fused-ring (bicyclic) bond motifs is 1. The lowest BCUT2D eigenvalue weighted by Gasteiger charge is -2.23. The maximum absolute atomic E-state index is 13.6. The van der Waals surface area contributed by atoms with Crippen LogP contribution in [0.1, 0.15) is 51.9 Å². The molecule has 1 fully saturated rings. The van der Waals surface area contributed by atoms with Gasteiger partial charge in [0.1, 0.15) is 34.8 Å². The average Bonchev–Trinajstić information content (AvgIpc) is 3.59. The van der Waals surface area contributed by atoms with E-state index >= 15 is 0 Å². The number of thiazole rings is 1. The van der Waals surface area contributed by atoms with Crippen LogP contribution in [0.5, 0.6) is 11.5 Å². The summed E-state index contributed by atoms with van der Waals surface area (Å²) in [5, 5.41) is 11.7. The molecule has 10 heteroatoms. The Labute approximate surface area is 235 Å². The van der Waals surface area contributed by atoms with E-state index in [-0.39, 0.29) is 40.7 Å². The molecule has 1 amide bonds. The first-order chi connectivity index (χ1) is 19.2. The van der Waals surface area contributed by atoms with Crippen molar-refractivity contribution >= 4 is 39.9 Å². The topological polar surface area (TPSA) is 115 Å². The number of carbonyl (C=O) groups is 3. The van der Waals surface area contributed by atoms with Crippen LogP contribution in [-0.2, 0) is 20.7 Å². The zero-order valence-electron chi connectivity index (χ0n) is 22.3. The van der Waals surface area contributed by atoms with Gasteiger partial charge in [-0.05, 0) is 62.2 Å². The lowest BCUT2D eigenvalue weighted by atomic mass is 9.94. The molecule has 1 saturated heterocycles. The molecule has 5 rings (SSSR count). The van der Waals surface area contributed by atoms with Gasteiger partial charge in [-0.3, -0.25) is 14.5 Å². The summed E-state index contributed by atoms with van der Waals surface area (Å²) in [5.41, 5.74) is 2.09. The molecular formula is C30H28N2O7S. The van der Waals surface area contributed by atoms with Crippen LogP contribution >= 0.6 is 11.3 Å². The normalized spacial score (nSPS) is 19.3. The van der Waals surface area contributed by atoms with E-state index in [4.69, 9.17) is 14.2 Å². The molecule has 1 aromatic heterocycles. The van der Waals surface area contributed by atoms with Gasteiger partial charge in [0.25, 0.3) is 5.78 Å². The number of anilines is 1. The number of aliphatic hydroxyl groups is 1. The highest BCUT2D eigenvalue weighted by molar-refractivity contribution is 7.17. The Kier molecular flexibility index (Phi) is 7.44. The molecule has 3 aromatic rings. The minimum Gasteiger partial charge on any atom is -0.507 e. The standard InChI is InChI=1S/C30H28N2O7S/c1-5-12-38-21-9-7-8-18(15-21)24-23(25(33)19-10-11-22-20(14-19)13-16(3)39-22)26(34)28(35)32(24)30-31-17(4)27(40-30)29(36)37-6-2/h5,7-11,14-16,24,33H,1,6,12-13H2,2-4H3/b25-23-. The Bertz CT molecular complexity index is 1560. The van der Waals surface area contributed by atoms with Crippen molar-refractivity contribution in [3.05, 3.63) is 88.0 Å². The van der Waals surface area contributed by atoms with Gasteiger partial charge < -0.3 is 19.3 Å². The molecule has 2 atom stereocenters. The van der Waals surface area contributed by atoms with E-state index < -0.39 is 23.7 Å². The molecular weight excluding hydrogens is 532 g/mol. The summed E-state index contributed by atoms with van der Waals surface area (Å²) in [5.74, 6) is -1.40. The zero-order valence-corrected chi connectivity index (χ0v) is 23.1. The number of nitrogens with zero attached hydrogens (tertiary/aromatic N) is 2. The van der Waals surface area contributed by atoms with Crippen LogP contribution in [0.2, 0.25) is 0 Å². The van der Waals surface area contributed by atoms with Crippen molar-refractivity contribution < 1.29 is 33.7 Å². The average molecular weight is 561 g/mol. The molecule has 206 valence electrons. The smallest absolute Gasteiger partial charge is 0.350 e. The number of esters is 1. The molecule has 2 aliphatic rings. The Morgan fingerprint density at radius 2 is 2.08 bits per heavy atom. The largest absolute Gasteiger partial charge is 0.507 e. The molecule has 3 heterocycles. The first kappa shape index (κ1) is 27.1. The van der Waals surface area contributed by atoms with Crippen LogP contribution in [0.4, 0.5) is 5.13 Å². The molecule has 0 spiro atoms. The molecule has 9 nitrogen and oxygen atoms in total. The Hall–Kier alpha value is -4.44. The molecule has 1 N–H and O–H groups in total. The second-order valence-corrected chi connectivity index (χ2v) is 10.4. The van der Waals surface area contributed by atoms with Crippen molar-refractivity contribution in [2.24, 2.45) is 0 Å². The number of aryl methyl sites for hydroxylation is 1. The van der Waals surface area contributed by atoms with E-state index in [9.17, 15) is 19.5 Å². The maximum atomic E-state index is 13.6. The van der Waals surface area contributed by atoms with Crippen LogP contribution < -0.4 is 14.4 Å². The van der Waals surface area contributed by atoms with Gasteiger partial charge in [0.2, 0.25) is 0 Å². The zero-order chi connectivity index (χ0) is 28.6. The summed E-state index contributed by atoms with van der Waals surface area (Å²) in [6.45, 7) is 9.38.